The number of carbonyl (C=O) groups is 1. The van der Waals surface area contributed by atoms with Gasteiger partial charge in [-0.15, -0.1) is 0 Å². The molecule has 3 aromatic rings. The predicted molar refractivity (Wildman–Crippen MR) is 130 cm³/mol. The molecule has 1 aliphatic carbocycles. The van der Waals surface area contributed by atoms with E-state index in [1.165, 1.54) is 80.3 Å². The van der Waals surface area contributed by atoms with Crippen molar-refractivity contribution in [3.63, 3.8) is 0 Å². The Balaban J connectivity index is 0.000000189. The molecular weight excluding hydrogens is 398 g/mol. The number of nitrogens with zero attached hydrogens (tertiary/aromatic N) is 2. The van der Waals surface area contributed by atoms with Crippen molar-refractivity contribution in [2.24, 2.45) is 0 Å². The average molecular weight is 430 g/mol. The van der Waals surface area contributed by atoms with Gasteiger partial charge in [-0.3, -0.25) is 4.98 Å². The van der Waals surface area contributed by atoms with Gasteiger partial charge in [0.25, 0.3) is 0 Å². The summed E-state index contributed by atoms with van der Waals surface area (Å²) in [6, 6.07) is 17.6. The van der Waals surface area contributed by atoms with Crippen molar-refractivity contribution < 1.29 is 9.90 Å². The molecule has 0 atom stereocenters. The number of pyridine rings is 1. The highest BCUT2D eigenvalue weighted by molar-refractivity contribution is 5.93. The molecule has 0 fully saturated rings. The maximum Gasteiger partial charge on any atom is 0.337 e. The lowest BCUT2D eigenvalue weighted by Gasteiger charge is -2.27. The Kier molecular flexibility index (Phi) is 7.05. The summed E-state index contributed by atoms with van der Waals surface area (Å²) in [5, 5.41) is 11.4. The molecule has 0 amide bonds. The lowest BCUT2D eigenvalue weighted by molar-refractivity contribution is 0.0698. The first-order chi connectivity index (χ1) is 15.7. The number of rotatable bonds is 3. The fraction of sp³-hybridized carbons (Fsp3) is 0.333. The van der Waals surface area contributed by atoms with Crippen molar-refractivity contribution in [3.8, 4) is 0 Å². The fourth-order valence-corrected chi connectivity index (χ4v) is 4.63. The minimum Gasteiger partial charge on any atom is -0.478 e. The van der Waals surface area contributed by atoms with E-state index in [9.17, 15) is 4.79 Å². The molecule has 2 aromatic carbocycles. The van der Waals surface area contributed by atoms with Crippen LogP contribution < -0.4 is 10.2 Å². The minimum atomic E-state index is -0.947. The van der Waals surface area contributed by atoms with Crippen LogP contribution in [-0.2, 0) is 19.3 Å². The number of carboxylic acids is 1. The second kappa shape index (κ2) is 10.3. The third-order valence-corrected chi connectivity index (χ3v) is 6.32. The molecule has 2 heterocycles. The minimum absolute atomic E-state index is 0.238. The van der Waals surface area contributed by atoms with E-state index in [-0.39, 0.29) is 5.56 Å². The van der Waals surface area contributed by atoms with Crippen LogP contribution in [0.2, 0.25) is 0 Å². The molecule has 0 radical (unpaired) electrons. The lowest BCUT2D eigenvalue weighted by atomic mass is 9.91. The number of anilines is 3. The van der Waals surface area contributed by atoms with E-state index in [4.69, 9.17) is 5.11 Å². The Morgan fingerprint density at radius 2 is 1.69 bits per heavy atom. The first-order valence-electron chi connectivity index (χ1n) is 11.5. The Morgan fingerprint density at radius 3 is 2.47 bits per heavy atom. The molecule has 0 unspecified atom stereocenters. The van der Waals surface area contributed by atoms with Gasteiger partial charge >= 0.3 is 5.97 Å². The summed E-state index contributed by atoms with van der Waals surface area (Å²) in [5.74, 6) is -0.947. The number of benzene rings is 2. The summed E-state index contributed by atoms with van der Waals surface area (Å²) in [4.78, 5) is 16.8. The largest absolute Gasteiger partial charge is 0.478 e. The van der Waals surface area contributed by atoms with E-state index in [1.807, 2.05) is 0 Å². The lowest BCUT2D eigenvalue weighted by Crippen LogP contribution is -2.18. The molecule has 2 N–H and O–H groups in total. The Morgan fingerprint density at radius 1 is 0.938 bits per heavy atom. The van der Waals surface area contributed by atoms with E-state index in [0.29, 0.717) is 5.69 Å². The second-order valence-corrected chi connectivity index (χ2v) is 8.37. The van der Waals surface area contributed by atoms with Gasteiger partial charge in [0.05, 0.1) is 17.4 Å². The molecule has 0 spiro atoms. The van der Waals surface area contributed by atoms with Gasteiger partial charge in [-0.1, -0.05) is 24.3 Å². The van der Waals surface area contributed by atoms with Crippen LogP contribution in [0.3, 0.4) is 0 Å². The SMILES string of the molecule is CNc1cnccc1C(=O)O.c1ccc2c(c1)CCCCN2c1ccc2c(c1)CCCC2. The number of aromatic carboxylic acids is 1. The number of fused-ring (bicyclic) bond motifs is 2. The molecule has 0 saturated heterocycles. The number of para-hydroxylation sites is 1. The standard InChI is InChI=1S/C20H23N.C7H8N2O2/c1-2-10-18-15-19(13-12-16(18)7-1)21-14-6-5-9-17-8-3-4-11-20(17)21;1-8-6-4-9-3-2-5(6)7(10)11/h3-4,8,11-13,15H,1-2,5-7,9-10,14H2;2-4,8H,1H3,(H,10,11). The maximum absolute atomic E-state index is 10.5. The predicted octanol–water partition coefficient (Wildman–Crippen LogP) is 5.86. The molecule has 1 aliphatic heterocycles. The molecule has 0 saturated carbocycles. The van der Waals surface area contributed by atoms with E-state index in [2.05, 4.69) is 57.7 Å². The van der Waals surface area contributed by atoms with Gasteiger partial charge < -0.3 is 15.3 Å². The summed E-state index contributed by atoms with van der Waals surface area (Å²) in [7, 11) is 1.66. The van der Waals surface area contributed by atoms with Gasteiger partial charge in [0, 0.05) is 31.2 Å². The average Bonchev–Trinajstić information content (AvgIpc) is 3.07. The van der Waals surface area contributed by atoms with Crippen molar-refractivity contribution in [2.75, 3.05) is 23.8 Å². The highest BCUT2D eigenvalue weighted by atomic mass is 16.4. The topological polar surface area (TPSA) is 65.5 Å². The van der Waals surface area contributed by atoms with Crippen LogP contribution in [0.4, 0.5) is 17.1 Å². The fourth-order valence-electron chi connectivity index (χ4n) is 4.63. The summed E-state index contributed by atoms with van der Waals surface area (Å²) in [6.07, 6.45) is 12.0. The Labute approximate surface area is 190 Å². The van der Waals surface area contributed by atoms with Gasteiger partial charge in [0.2, 0.25) is 0 Å². The zero-order chi connectivity index (χ0) is 22.3. The van der Waals surface area contributed by atoms with E-state index >= 15 is 0 Å². The smallest absolute Gasteiger partial charge is 0.337 e. The van der Waals surface area contributed by atoms with Crippen LogP contribution in [0.1, 0.15) is 52.7 Å². The van der Waals surface area contributed by atoms with Crippen LogP contribution in [0.15, 0.2) is 60.9 Å². The number of aromatic nitrogens is 1. The zero-order valence-electron chi connectivity index (χ0n) is 18.7. The Bertz CT molecular complexity index is 1080. The number of carboxylic acid groups (broad SMARTS) is 1. The molecule has 2 aliphatic rings. The zero-order valence-corrected chi connectivity index (χ0v) is 18.7. The number of aryl methyl sites for hydroxylation is 3. The molecular formula is C27H31N3O2. The number of hydrogen-bond acceptors (Lipinski definition) is 4. The van der Waals surface area contributed by atoms with Gasteiger partial charge in [0.1, 0.15) is 0 Å². The Hall–Kier alpha value is -3.34. The van der Waals surface area contributed by atoms with Crippen LogP contribution >= 0.6 is 0 Å². The highest BCUT2D eigenvalue weighted by Crippen LogP contribution is 2.34. The molecule has 5 nitrogen and oxygen atoms in total. The first-order valence-corrected chi connectivity index (χ1v) is 11.5. The molecule has 32 heavy (non-hydrogen) atoms. The third kappa shape index (κ3) is 4.93. The van der Waals surface area contributed by atoms with Crippen LogP contribution in [0.25, 0.3) is 0 Å². The number of nitrogens with one attached hydrogen (secondary N) is 1. The summed E-state index contributed by atoms with van der Waals surface area (Å²) < 4.78 is 0. The molecule has 5 heteroatoms. The van der Waals surface area contributed by atoms with Gasteiger partial charge in [-0.05, 0) is 85.9 Å². The van der Waals surface area contributed by atoms with E-state index in [0.717, 1.165) is 6.54 Å². The van der Waals surface area contributed by atoms with Gasteiger partial charge in [-0.25, -0.2) is 4.79 Å². The van der Waals surface area contributed by atoms with Crippen molar-refractivity contribution in [3.05, 3.63) is 83.2 Å². The van der Waals surface area contributed by atoms with Crippen molar-refractivity contribution in [1.29, 1.82) is 0 Å². The van der Waals surface area contributed by atoms with Gasteiger partial charge in [-0.2, -0.15) is 0 Å². The number of hydrogen-bond donors (Lipinski definition) is 2. The first kappa shape index (κ1) is 21.9. The van der Waals surface area contributed by atoms with E-state index in [1.54, 1.807) is 18.2 Å². The van der Waals surface area contributed by atoms with Crippen molar-refractivity contribution >= 4 is 23.0 Å². The molecule has 166 valence electrons. The van der Waals surface area contributed by atoms with Gasteiger partial charge in [0.15, 0.2) is 0 Å². The quantitative estimate of drug-likeness (QED) is 0.546. The highest BCUT2D eigenvalue weighted by Gasteiger charge is 2.18. The van der Waals surface area contributed by atoms with Crippen molar-refractivity contribution in [2.45, 2.75) is 44.9 Å². The summed E-state index contributed by atoms with van der Waals surface area (Å²) in [6.45, 7) is 1.15. The monoisotopic (exact) mass is 429 g/mol. The normalized spacial score (nSPS) is 14.8. The van der Waals surface area contributed by atoms with Crippen LogP contribution in [0, 0.1) is 0 Å². The summed E-state index contributed by atoms with van der Waals surface area (Å²) >= 11 is 0. The summed E-state index contributed by atoms with van der Waals surface area (Å²) in [5.41, 5.74) is 8.25. The molecule has 0 bridgehead atoms. The third-order valence-electron chi connectivity index (χ3n) is 6.32. The molecule has 1 aromatic heterocycles. The van der Waals surface area contributed by atoms with Crippen molar-refractivity contribution in [1.82, 2.24) is 4.98 Å². The van der Waals surface area contributed by atoms with Crippen LogP contribution in [-0.4, -0.2) is 29.7 Å². The van der Waals surface area contributed by atoms with Crippen LogP contribution in [0.5, 0.6) is 0 Å². The maximum atomic E-state index is 10.5. The second-order valence-electron chi connectivity index (χ2n) is 8.37. The van der Waals surface area contributed by atoms with E-state index < -0.39 is 5.97 Å². The molecule has 5 rings (SSSR count).